The first-order valence-corrected chi connectivity index (χ1v) is 11.3. The van der Waals surface area contributed by atoms with Crippen LogP contribution in [0.4, 0.5) is 0 Å². The first kappa shape index (κ1) is 20.6. The maximum Gasteiger partial charge on any atom is 0.266 e. The van der Waals surface area contributed by atoms with Crippen molar-refractivity contribution >= 4 is 56.0 Å². The van der Waals surface area contributed by atoms with E-state index in [0.29, 0.717) is 10.7 Å². The monoisotopic (exact) mass is 438 g/mol. The van der Waals surface area contributed by atoms with Gasteiger partial charge in [-0.25, -0.2) is 8.42 Å². The van der Waals surface area contributed by atoms with Crippen LogP contribution in [-0.2, 0) is 19.4 Å². The van der Waals surface area contributed by atoms with Gasteiger partial charge in [0.2, 0.25) is 5.91 Å². The lowest BCUT2D eigenvalue weighted by atomic mass is 10.2. The van der Waals surface area contributed by atoms with Gasteiger partial charge in [0, 0.05) is 5.41 Å². The molecule has 0 bridgehead atoms. The molecule has 1 fully saturated rings. The Morgan fingerprint density at radius 3 is 2.64 bits per heavy atom. The van der Waals surface area contributed by atoms with Gasteiger partial charge in [0.1, 0.15) is 16.1 Å². The van der Waals surface area contributed by atoms with E-state index < -0.39 is 27.8 Å². The van der Waals surface area contributed by atoms with E-state index in [2.05, 4.69) is 5.32 Å². The number of ether oxygens (including phenoxy) is 1. The Labute approximate surface area is 172 Å². The van der Waals surface area contributed by atoms with Crippen molar-refractivity contribution in [1.82, 2.24) is 10.2 Å². The Hall–Kier alpha value is -2.17. The van der Waals surface area contributed by atoms with Crippen LogP contribution in [0.1, 0.15) is 12.5 Å². The van der Waals surface area contributed by atoms with Crippen LogP contribution in [0.2, 0.25) is 0 Å². The minimum Gasteiger partial charge on any atom is -0.497 e. The lowest BCUT2D eigenvalue weighted by Crippen LogP contribution is -2.49. The standard InChI is InChI=1S/C18H18N2O5S3/c1-11(16(21)19-13-7-8-28(23,24)10-13)20-17(22)15(27-18(20)26)9-12-3-5-14(25-2)6-4-12/h3-9,11,13H,10H2,1-2H3,(H,19,21)/b15-9+/t11-,13-/m1/s1. The Kier molecular flexibility index (Phi) is 5.92. The SMILES string of the molecule is COc1ccc(/C=C2/SC(=S)N([C@H](C)C(=O)N[C@@H]3C=CS(=O)(=O)C3)C2=O)cc1. The van der Waals surface area contributed by atoms with Gasteiger partial charge < -0.3 is 10.1 Å². The second-order valence-electron chi connectivity index (χ2n) is 6.27. The van der Waals surface area contributed by atoms with Gasteiger partial charge in [0.15, 0.2) is 9.84 Å². The molecule has 1 N–H and O–H groups in total. The van der Waals surface area contributed by atoms with Crippen molar-refractivity contribution in [2.45, 2.75) is 19.0 Å². The molecule has 1 saturated heterocycles. The highest BCUT2D eigenvalue weighted by Crippen LogP contribution is 2.34. The van der Waals surface area contributed by atoms with Crippen molar-refractivity contribution in [3.8, 4) is 5.75 Å². The third kappa shape index (κ3) is 4.45. The smallest absolute Gasteiger partial charge is 0.266 e. The number of hydrogen-bond donors (Lipinski definition) is 1. The molecule has 1 aromatic carbocycles. The molecule has 2 aliphatic rings. The summed E-state index contributed by atoms with van der Waals surface area (Å²) in [6, 6.07) is 5.74. The number of hydrogen-bond acceptors (Lipinski definition) is 7. The van der Waals surface area contributed by atoms with Crippen molar-refractivity contribution in [3.63, 3.8) is 0 Å². The van der Waals surface area contributed by atoms with Crippen molar-refractivity contribution in [2.24, 2.45) is 0 Å². The first-order valence-electron chi connectivity index (χ1n) is 8.32. The summed E-state index contributed by atoms with van der Waals surface area (Å²) in [6.45, 7) is 1.56. The highest BCUT2D eigenvalue weighted by molar-refractivity contribution is 8.26. The molecular formula is C18H18N2O5S3. The number of nitrogens with zero attached hydrogens (tertiary/aromatic N) is 1. The molecule has 0 aromatic heterocycles. The molecule has 148 valence electrons. The van der Waals surface area contributed by atoms with Gasteiger partial charge in [-0.3, -0.25) is 14.5 Å². The molecule has 0 aliphatic carbocycles. The number of carbonyl (C=O) groups is 2. The molecular weight excluding hydrogens is 420 g/mol. The summed E-state index contributed by atoms with van der Waals surface area (Å²) in [6.07, 6.45) is 3.13. The predicted octanol–water partition coefficient (Wildman–Crippen LogP) is 1.71. The molecule has 2 heterocycles. The van der Waals surface area contributed by atoms with Crippen LogP contribution >= 0.6 is 24.0 Å². The summed E-state index contributed by atoms with van der Waals surface area (Å²) in [7, 11) is -1.71. The number of amides is 2. The molecule has 2 amide bonds. The number of carbonyl (C=O) groups excluding carboxylic acids is 2. The fourth-order valence-electron chi connectivity index (χ4n) is 2.75. The maximum atomic E-state index is 12.8. The fourth-order valence-corrected chi connectivity index (χ4v) is 5.41. The van der Waals surface area contributed by atoms with Gasteiger partial charge in [0.05, 0.1) is 23.8 Å². The fraction of sp³-hybridized carbons (Fsp3) is 0.278. The summed E-state index contributed by atoms with van der Waals surface area (Å²) in [5, 5.41) is 3.71. The van der Waals surface area contributed by atoms with E-state index in [0.717, 1.165) is 22.7 Å². The van der Waals surface area contributed by atoms with Crippen LogP contribution in [-0.4, -0.2) is 54.4 Å². The zero-order valence-electron chi connectivity index (χ0n) is 15.1. The van der Waals surface area contributed by atoms with E-state index in [9.17, 15) is 18.0 Å². The Balaban J connectivity index is 1.70. The molecule has 28 heavy (non-hydrogen) atoms. The lowest BCUT2D eigenvalue weighted by molar-refractivity contribution is -0.132. The molecule has 2 atom stereocenters. The van der Waals surface area contributed by atoms with E-state index in [1.54, 1.807) is 32.2 Å². The minimum atomic E-state index is -3.28. The molecule has 1 aromatic rings. The highest BCUT2D eigenvalue weighted by atomic mass is 32.2. The van der Waals surface area contributed by atoms with Gasteiger partial charge in [-0.1, -0.05) is 36.1 Å². The van der Waals surface area contributed by atoms with E-state index in [-0.39, 0.29) is 16.0 Å². The number of thioether (sulfide) groups is 1. The van der Waals surface area contributed by atoms with E-state index in [1.165, 1.54) is 11.0 Å². The van der Waals surface area contributed by atoms with Crippen LogP contribution in [0.15, 0.2) is 40.7 Å². The van der Waals surface area contributed by atoms with Crippen molar-refractivity contribution in [1.29, 1.82) is 0 Å². The number of nitrogens with one attached hydrogen (secondary N) is 1. The van der Waals surface area contributed by atoms with E-state index in [1.807, 2.05) is 12.1 Å². The van der Waals surface area contributed by atoms with Gasteiger partial charge in [-0.15, -0.1) is 0 Å². The molecule has 0 radical (unpaired) electrons. The third-order valence-electron chi connectivity index (χ3n) is 4.26. The van der Waals surface area contributed by atoms with Gasteiger partial charge in [0.25, 0.3) is 5.91 Å². The zero-order chi connectivity index (χ0) is 20.5. The average Bonchev–Trinajstić information content (AvgIpc) is 3.13. The number of thiocarbonyl (C=S) groups is 1. The second-order valence-corrected chi connectivity index (χ2v) is 9.88. The van der Waals surface area contributed by atoms with E-state index in [4.69, 9.17) is 17.0 Å². The van der Waals surface area contributed by atoms with Crippen LogP contribution < -0.4 is 10.1 Å². The lowest BCUT2D eigenvalue weighted by Gasteiger charge is -2.23. The van der Waals surface area contributed by atoms with Crippen molar-refractivity contribution < 1.29 is 22.7 Å². The number of sulfone groups is 1. The molecule has 2 aliphatic heterocycles. The summed E-state index contributed by atoms with van der Waals surface area (Å²) >= 11 is 6.40. The largest absolute Gasteiger partial charge is 0.497 e. The second kappa shape index (κ2) is 8.06. The Morgan fingerprint density at radius 2 is 2.07 bits per heavy atom. The van der Waals surface area contributed by atoms with Crippen LogP contribution in [0, 0.1) is 0 Å². The van der Waals surface area contributed by atoms with Crippen LogP contribution in [0.5, 0.6) is 5.75 Å². The van der Waals surface area contributed by atoms with E-state index >= 15 is 0 Å². The minimum absolute atomic E-state index is 0.179. The number of methoxy groups -OCH3 is 1. The summed E-state index contributed by atoms with van der Waals surface area (Å²) < 4.78 is 28.3. The van der Waals surface area contributed by atoms with Gasteiger partial charge in [-0.05, 0) is 36.8 Å². The zero-order valence-corrected chi connectivity index (χ0v) is 17.6. The first-order chi connectivity index (χ1) is 13.2. The van der Waals surface area contributed by atoms with Gasteiger partial charge >= 0.3 is 0 Å². The van der Waals surface area contributed by atoms with Crippen molar-refractivity contribution in [2.75, 3.05) is 12.9 Å². The molecule has 0 unspecified atom stereocenters. The quantitative estimate of drug-likeness (QED) is 0.553. The summed E-state index contributed by atoms with van der Waals surface area (Å²) in [5.41, 5.74) is 0.805. The molecule has 7 nitrogen and oxygen atoms in total. The summed E-state index contributed by atoms with van der Waals surface area (Å²) in [5.74, 6) is -0.295. The normalized spacial score (nSPS) is 23.3. The number of rotatable bonds is 5. The van der Waals surface area contributed by atoms with Gasteiger partial charge in [-0.2, -0.15) is 0 Å². The highest BCUT2D eigenvalue weighted by Gasteiger charge is 2.39. The Morgan fingerprint density at radius 1 is 1.39 bits per heavy atom. The molecule has 3 rings (SSSR count). The van der Waals surface area contributed by atoms with Crippen LogP contribution in [0.25, 0.3) is 6.08 Å². The topological polar surface area (TPSA) is 92.8 Å². The summed E-state index contributed by atoms with van der Waals surface area (Å²) in [4.78, 5) is 26.9. The Bertz CT molecular complexity index is 983. The molecule has 0 saturated carbocycles. The molecule has 10 heteroatoms. The maximum absolute atomic E-state index is 12.8. The predicted molar refractivity (Wildman–Crippen MR) is 112 cm³/mol. The number of benzene rings is 1. The van der Waals surface area contributed by atoms with Crippen LogP contribution in [0.3, 0.4) is 0 Å². The molecule has 0 spiro atoms. The average molecular weight is 439 g/mol. The third-order valence-corrected chi connectivity index (χ3v) is 6.99. The van der Waals surface area contributed by atoms with Crippen molar-refractivity contribution in [3.05, 3.63) is 46.2 Å².